The zero-order valence-corrected chi connectivity index (χ0v) is 65.9. The molecule has 0 radical (unpaired) electrons. The molecule has 550 valence electrons. The van der Waals surface area contributed by atoms with Crippen molar-refractivity contribution in [3.8, 4) is 111 Å². The molecule has 0 unspecified atom stereocenters. The van der Waals surface area contributed by atoms with Crippen LogP contribution in [0.15, 0.2) is 461 Å². The molecule has 0 saturated heterocycles. The Balaban J connectivity index is 0.000000116. The lowest BCUT2D eigenvalue weighted by atomic mass is 9.91. The topological polar surface area (TPSA) is 0 Å². The van der Waals surface area contributed by atoms with E-state index in [-0.39, 0.29) is 0 Å². The summed E-state index contributed by atoms with van der Waals surface area (Å²) in [7, 11) is 0. The van der Waals surface area contributed by atoms with Crippen molar-refractivity contribution in [3.05, 3.63) is 494 Å². The molecule has 0 aliphatic heterocycles. The van der Waals surface area contributed by atoms with Gasteiger partial charge in [-0.15, -0.1) is 0 Å². The minimum absolute atomic E-state index is 1.25. The van der Waals surface area contributed by atoms with E-state index >= 15 is 0 Å². The van der Waals surface area contributed by atoms with Gasteiger partial charge in [-0.1, -0.05) is 465 Å². The van der Waals surface area contributed by atoms with Gasteiger partial charge < -0.3 is 0 Å². The summed E-state index contributed by atoms with van der Waals surface area (Å²) in [5.41, 5.74) is 33.1. The normalized spacial score (nSPS) is 10.5. The Bertz CT molecular complexity index is 6310. The van der Waals surface area contributed by atoms with Gasteiger partial charge in [-0.05, 0) is 214 Å². The molecule has 0 nitrogen and oxygen atoms in total. The fourth-order valence-electron chi connectivity index (χ4n) is 14.8. The molecule has 114 heavy (non-hydrogen) atoms. The van der Waals surface area contributed by atoms with Crippen molar-refractivity contribution in [1.82, 2.24) is 0 Å². The van der Waals surface area contributed by atoms with Gasteiger partial charge >= 0.3 is 0 Å². The molecule has 0 aliphatic carbocycles. The highest BCUT2D eigenvalue weighted by Gasteiger charge is 2.13. The molecule has 0 amide bonds. The quantitative estimate of drug-likeness (QED) is 0.128. The summed E-state index contributed by atoms with van der Waals surface area (Å²) in [4.78, 5) is 0. The van der Waals surface area contributed by atoms with Gasteiger partial charge in [0.1, 0.15) is 0 Å². The molecule has 0 aromatic heterocycles. The summed E-state index contributed by atoms with van der Waals surface area (Å²) >= 11 is 0. The summed E-state index contributed by atoms with van der Waals surface area (Å²) in [6.07, 6.45) is 0. The molecule has 0 atom stereocenters. The molecular formula is C114H94. The third kappa shape index (κ3) is 19.7. The van der Waals surface area contributed by atoms with Gasteiger partial charge in [0.15, 0.2) is 0 Å². The second kappa shape index (κ2) is 38.1. The Labute approximate surface area is 675 Å². The Morgan fingerprint density at radius 3 is 0.860 bits per heavy atom. The molecule has 0 bridgehead atoms. The largest absolute Gasteiger partial charge is 0.0622 e. The first kappa shape index (κ1) is 76.7. The van der Waals surface area contributed by atoms with E-state index < -0.39 is 0 Å². The fraction of sp³-hybridized carbons (Fsp3) is 0.0526. The van der Waals surface area contributed by atoms with Crippen LogP contribution in [0.25, 0.3) is 144 Å². The van der Waals surface area contributed by atoms with Gasteiger partial charge in [0.25, 0.3) is 0 Å². The van der Waals surface area contributed by atoms with Crippen LogP contribution in [0, 0.1) is 41.5 Å². The first-order valence-electron chi connectivity index (χ1n) is 39.4. The van der Waals surface area contributed by atoms with Gasteiger partial charge in [0.2, 0.25) is 0 Å². The van der Waals surface area contributed by atoms with E-state index in [0.29, 0.717) is 0 Å². The van der Waals surface area contributed by atoms with Crippen LogP contribution in [0.2, 0.25) is 0 Å². The predicted octanol–water partition coefficient (Wildman–Crippen LogP) is 32.1. The van der Waals surface area contributed by atoms with E-state index in [1.807, 2.05) is 0 Å². The third-order valence-electron chi connectivity index (χ3n) is 20.8. The molecule has 19 rings (SSSR count). The number of hydrogen-bond acceptors (Lipinski definition) is 0. The Kier molecular flexibility index (Phi) is 25.6. The van der Waals surface area contributed by atoms with Gasteiger partial charge in [0.05, 0.1) is 0 Å². The Hall–Kier alpha value is -14.0. The first-order valence-corrected chi connectivity index (χ1v) is 39.4. The third-order valence-corrected chi connectivity index (χ3v) is 20.8. The van der Waals surface area contributed by atoms with Crippen molar-refractivity contribution in [2.45, 2.75) is 41.5 Å². The van der Waals surface area contributed by atoms with Crippen LogP contribution in [0.5, 0.6) is 0 Å². The van der Waals surface area contributed by atoms with Crippen LogP contribution in [0.1, 0.15) is 33.4 Å². The van der Waals surface area contributed by atoms with Gasteiger partial charge in [-0.3, -0.25) is 0 Å². The Morgan fingerprint density at radius 1 is 0.114 bits per heavy atom. The van der Waals surface area contributed by atoms with Crippen LogP contribution in [-0.2, 0) is 0 Å². The highest BCUT2D eigenvalue weighted by molar-refractivity contribution is 5.97. The summed E-state index contributed by atoms with van der Waals surface area (Å²) in [5.74, 6) is 0. The van der Waals surface area contributed by atoms with Crippen LogP contribution in [-0.4, -0.2) is 0 Å². The molecule has 0 fully saturated rings. The zero-order valence-electron chi connectivity index (χ0n) is 65.9. The van der Waals surface area contributed by atoms with E-state index in [0.717, 1.165) is 0 Å². The highest BCUT2D eigenvalue weighted by Crippen LogP contribution is 2.39. The maximum Gasteiger partial charge on any atom is -0.0103 e. The van der Waals surface area contributed by atoms with E-state index in [2.05, 4.69) is 503 Å². The average Bonchev–Trinajstić information content (AvgIpc) is 1.68. The molecule has 19 aromatic rings. The van der Waals surface area contributed by atoms with Crippen molar-refractivity contribution in [2.24, 2.45) is 0 Å². The monoisotopic (exact) mass is 1460 g/mol. The van der Waals surface area contributed by atoms with Crippen LogP contribution >= 0.6 is 0 Å². The van der Waals surface area contributed by atoms with Crippen LogP contribution < -0.4 is 0 Å². The lowest BCUT2D eigenvalue weighted by molar-refractivity contribution is 1.45. The smallest absolute Gasteiger partial charge is 0.0103 e. The summed E-state index contributed by atoms with van der Waals surface area (Å²) in [5, 5.41) is 7.94. The number of rotatable bonds is 10. The number of aryl methyl sites for hydroxylation is 6. The van der Waals surface area contributed by atoms with Gasteiger partial charge in [-0.25, -0.2) is 0 Å². The van der Waals surface area contributed by atoms with Crippen molar-refractivity contribution in [2.75, 3.05) is 0 Å². The second-order valence-electron chi connectivity index (χ2n) is 29.1. The van der Waals surface area contributed by atoms with Crippen molar-refractivity contribution in [3.63, 3.8) is 0 Å². The van der Waals surface area contributed by atoms with Crippen LogP contribution in [0.4, 0.5) is 0 Å². The van der Waals surface area contributed by atoms with Crippen molar-refractivity contribution >= 4 is 32.3 Å². The van der Waals surface area contributed by atoms with Gasteiger partial charge in [-0.2, -0.15) is 0 Å². The Morgan fingerprint density at radius 2 is 0.395 bits per heavy atom. The summed E-state index contributed by atoms with van der Waals surface area (Å²) in [6.45, 7) is 12.8. The van der Waals surface area contributed by atoms with E-state index in [4.69, 9.17) is 0 Å². The SMILES string of the molecule is Cc1ccc(-c2cccc3ccccc23)cc1.Cc1ccc(-c2ccccc2-c2cccc(-c3ccccc3)c2)cc1.Cc1ccc2ccccc2c1.Cc1cccc(-c2ccccc2-c2cccc(-c3ccccc3)c2)c1.Cc1cccc2ccccc12.Cc1ccccc1-c1ccccc1-c1cccc(-c2ccccc2)c1. The summed E-state index contributed by atoms with van der Waals surface area (Å²) in [6, 6.07) is 163. The maximum absolute atomic E-state index is 2.28. The zero-order chi connectivity index (χ0) is 78.2. The number of benzene rings is 19. The molecule has 0 saturated carbocycles. The minimum atomic E-state index is 1.25. The van der Waals surface area contributed by atoms with Crippen LogP contribution in [0.3, 0.4) is 0 Å². The molecular weight excluding hydrogens is 1370 g/mol. The van der Waals surface area contributed by atoms with E-state index in [1.165, 1.54) is 177 Å². The first-order chi connectivity index (χ1) is 56.0. The van der Waals surface area contributed by atoms with E-state index in [1.54, 1.807) is 0 Å². The minimum Gasteiger partial charge on any atom is -0.0622 e. The van der Waals surface area contributed by atoms with Gasteiger partial charge in [0, 0.05) is 0 Å². The predicted molar refractivity (Wildman–Crippen MR) is 494 cm³/mol. The van der Waals surface area contributed by atoms with Crippen molar-refractivity contribution < 1.29 is 0 Å². The molecule has 0 heterocycles. The van der Waals surface area contributed by atoms with E-state index in [9.17, 15) is 0 Å². The lowest BCUT2D eigenvalue weighted by Gasteiger charge is -2.13. The molecule has 0 spiro atoms. The summed E-state index contributed by atoms with van der Waals surface area (Å²) < 4.78 is 0. The standard InChI is InChI=1S/3C25H20.C17H14.2C11H10/c1-19-9-7-13-22(17-19)24-15-5-6-16-25(24)23-14-8-12-21(18-23)20-10-3-2-4-11-20;1-19-10-5-6-15-23(19)25-17-8-7-16-24(25)22-14-9-13-21(18-22)20-11-3-2-4-12-20;1-19-14-16-21(17-15-19)24-12-5-6-13-25(24)23-11-7-10-22(18-23)20-8-3-2-4-9-20;1-13-9-11-15(12-10-13)17-8-4-6-14-5-2-3-7-16(14)17;1-9-5-4-7-10-6-2-3-8-11(9)10;1-9-6-7-10-4-2-3-5-11(10)8-9/h3*2-18H,1H3;2-12H,1H3;2*2-8H,1H3. The molecule has 0 N–H and O–H groups in total. The number of hydrogen-bond donors (Lipinski definition) is 0. The number of fused-ring (bicyclic) bond motifs is 3. The molecule has 0 aliphatic rings. The maximum atomic E-state index is 2.28. The fourth-order valence-corrected chi connectivity index (χ4v) is 14.8. The van der Waals surface area contributed by atoms with Crippen molar-refractivity contribution in [1.29, 1.82) is 0 Å². The second-order valence-corrected chi connectivity index (χ2v) is 29.1. The molecule has 19 aromatic carbocycles. The highest BCUT2D eigenvalue weighted by atomic mass is 14.2. The lowest BCUT2D eigenvalue weighted by Crippen LogP contribution is -1.88. The molecule has 0 heteroatoms. The average molecular weight is 1460 g/mol.